The average Bonchev–Trinajstić information content (AvgIpc) is 2.60. The largest absolute Gasteiger partial charge is 0.513 e. The normalized spacial score (nSPS) is 13.3. The fourth-order valence-electron chi connectivity index (χ4n) is 3.57. The Morgan fingerprint density at radius 3 is 1.23 bits per heavy atom. The molecule has 0 amide bonds. The van der Waals surface area contributed by atoms with Crippen LogP contribution >= 0.6 is 0 Å². The highest BCUT2D eigenvalue weighted by Crippen LogP contribution is 2.15. The third kappa shape index (κ3) is 21.5. The molecule has 0 spiro atoms. The van der Waals surface area contributed by atoms with E-state index < -0.39 is 6.10 Å². The molecule has 0 radical (unpaired) electrons. The Morgan fingerprint density at radius 2 is 0.923 bits per heavy atom. The van der Waals surface area contributed by atoms with E-state index >= 15 is 0 Å². The molecule has 2 N–H and O–H groups in total. The monoisotopic (exact) mass is 368 g/mol. The lowest BCUT2D eigenvalue weighted by molar-refractivity contribution is 0.235. The molecule has 0 aliphatic carbocycles. The van der Waals surface area contributed by atoms with Gasteiger partial charge < -0.3 is 10.2 Å². The van der Waals surface area contributed by atoms with Crippen LogP contribution in [0.5, 0.6) is 0 Å². The molecule has 0 saturated carbocycles. The summed E-state index contributed by atoms with van der Waals surface area (Å²) in [5.74, 6) is 0.344. The van der Waals surface area contributed by atoms with Gasteiger partial charge in [-0.15, -0.1) is 0 Å². The Morgan fingerprint density at radius 1 is 0.615 bits per heavy atom. The highest BCUT2D eigenvalue weighted by molar-refractivity contribution is 4.93. The molecule has 0 heterocycles. The van der Waals surface area contributed by atoms with Crippen molar-refractivity contribution >= 4 is 0 Å². The molecule has 0 aromatic carbocycles. The van der Waals surface area contributed by atoms with Crippen molar-refractivity contribution in [3.63, 3.8) is 0 Å². The maximum atomic E-state index is 9.56. The summed E-state index contributed by atoms with van der Waals surface area (Å²) in [5, 5.41) is 18.7. The van der Waals surface area contributed by atoms with E-state index in [-0.39, 0.29) is 0 Å². The number of allylic oxidation sites excluding steroid dienone is 1. The lowest BCUT2D eigenvalue weighted by Gasteiger charge is -2.04. The van der Waals surface area contributed by atoms with Gasteiger partial charge in [0.15, 0.2) is 0 Å². The van der Waals surface area contributed by atoms with Gasteiger partial charge in [-0.1, -0.05) is 116 Å². The molecule has 0 fully saturated rings. The average molecular weight is 369 g/mol. The van der Waals surface area contributed by atoms with Crippen LogP contribution in [0.3, 0.4) is 0 Å². The Bertz CT molecular complexity index is 297. The molecule has 156 valence electrons. The zero-order valence-electron chi connectivity index (χ0n) is 18.0. The number of unbranched alkanes of at least 4 members (excludes halogenated alkanes) is 17. The highest BCUT2D eigenvalue weighted by Gasteiger charge is 1.98. The third-order valence-corrected chi connectivity index (χ3v) is 5.22. The number of hydrogen-bond acceptors (Lipinski definition) is 2. The van der Waals surface area contributed by atoms with Gasteiger partial charge in [0.05, 0.1) is 11.9 Å². The van der Waals surface area contributed by atoms with E-state index in [9.17, 15) is 5.11 Å². The molecule has 1 unspecified atom stereocenters. The second-order valence-corrected chi connectivity index (χ2v) is 8.16. The summed E-state index contributed by atoms with van der Waals surface area (Å²) in [6, 6.07) is 0. The molecule has 0 rings (SSSR count). The standard InChI is InChI=1S/C24H48O2/c1-3-4-5-6-7-8-9-10-11-12-13-14-15-16-17-18-19-20-21-24(26)22-23(2)25/h22-23,25-26H,3-21H2,1-2H3. The molecule has 0 aliphatic rings. The van der Waals surface area contributed by atoms with Gasteiger partial charge in [0, 0.05) is 6.42 Å². The minimum Gasteiger partial charge on any atom is -0.513 e. The minimum atomic E-state index is -0.537. The summed E-state index contributed by atoms with van der Waals surface area (Å²) < 4.78 is 0. The molecular formula is C24H48O2. The van der Waals surface area contributed by atoms with Gasteiger partial charge in [0.1, 0.15) is 0 Å². The molecule has 0 bridgehead atoms. The number of rotatable bonds is 20. The van der Waals surface area contributed by atoms with E-state index in [0.29, 0.717) is 12.2 Å². The summed E-state index contributed by atoms with van der Waals surface area (Å²) in [5.41, 5.74) is 0. The zero-order chi connectivity index (χ0) is 19.3. The van der Waals surface area contributed by atoms with E-state index in [4.69, 9.17) is 5.11 Å². The predicted octanol–water partition coefficient (Wildman–Crippen LogP) is 8.24. The Kier molecular flexibility index (Phi) is 20.4. The third-order valence-electron chi connectivity index (χ3n) is 5.22. The van der Waals surface area contributed by atoms with Crippen LogP contribution in [0.2, 0.25) is 0 Å². The summed E-state index contributed by atoms with van der Waals surface area (Å²) in [7, 11) is 0. The highest BCUT2D eigenvalue weighted by atomic mass is 16.3. The quantitative estimate of drug-likeness (QED) is 0.168. The fourth-order valence-corrected chi connectivity index (χ4v) is 3.57. The predicted molar refractivity (Wildman–Crippen MR) is 116 cm³/mol. The first kappa shape index (κ1) is 25.5. The molecular weight excluding hydrogens is 320 g/mol. The Balaban J connectivity index is 3.09. The van der Waals surface area contributed by atoms with Crippen LogP contribution in [-0.4, -0.2) is 16.3 Å². The summed E-state index contributed by atoms with van der Waals surface area (Å²) in [6.45, 7) is 3.96. The van der Waals surface area contributed by atoms with Gasteiger partial charge in [0.2, 0.25) is 0 Å². The van der Waals surface area contributed by atoms with Gasteiger partial charge in [-0.25, -0.2) is 0 Å². The maximum absolute atomic E-state index is 9.56. The lowest BCUT2D eigenvalue weighted by atomic mass is 10.0. The molecule has 0 aliphatic heterocycles. The smallest absolute Gasteiger partial charge is 0.0908 e. The van der Waals surface area contributed by atoms with Crippen LogP contribution in [0.15, 0.2) is 11.8 Å². The molecule has 2 nitrogen and oxygen atoms in total. The maximum Gasteiger partial charge on any atom is 0.0908 e. The van der Waals surface area contributed by atoms with Gasteiger partial charge in [-0.05, 0) is 19.4 Å². The molecule has 0 aromatic heterocycles. The summed E-state index contributed by atoms with van der Waals surface area (Å²) in [6.07, 6.45) is 26.5. The molecule has 2 heteroatoms. The zero-order valence-corrected chi connectivity index (χ0v) is 18.0. The van der Waals surface area contributed by atoms with Crippen LogP contribution in [0, 0.1) is 0 Å². The number of aliphatic hydroxyl groups is 2. The van der Waals surface area contributed by atoms with Crippen molar-refractivity contribution in [2.24, 2.45) is 0 Å². The van der Waals surface area contributed by atoms with Gasteiger partial charge in [-0.2, -0.15) is 0 Å². The molecule has 1 atom stereocenters. The molecule has 26 heavy (non-hydrogen) atoms. The topological polar surface area (TPSA) is 40.5 Å². The van der Waals surface area contributed by atoms with Crippen molar-refractivity contribution < 1.29 is 10.2 Å². The van der Waals surface area contributed by atoms with Gasteiger partial charge in [-0.3, -0.25) is 0 Å². The number of hydrogen-bond donors (Lipinski definition) is 2. The first-order valence-electron chi connectivity index (χ1n) is 11.7. The van der Waals surface area contributed by atoms with Crippen LogP contribution < -0.4 is 0 Å². The minimum absolute atomic E-state index is 0.344. The van der Waals surface area contributed by atoms with Crippen LogP contribution in [0.25, 0.3) is 0 Å². The van der Waals surface area contributed by atoms with Crippen molar-refractivity contribution in [1.29, 1.82) is 0 Å². The lowest BCUT2D eigenvalue weighted by Crippen LogP contribution is -1.96. The van der Waals surface area contributed by atoms with Crippen molar-refractivity contribution in [2.45, 2.75) is 142 Å². The Labute approximate surface area is 164 Å². The second-order valence-electron chi connectivity index (χ2n) is 8.16. The fraction of sp³-hybridized carbons (Fsp3) is 0.917. The molecule has 0 saturated heterocycles. The van der Waals surface area contributed by atoms with E-state index in [1.54, 1.807) is 6.92 Å². The van der Waals surface area contributed by atoms with E-state index in [0.717, 1.165) is 6.42 Å². The first-order valence-corrected chi connectivity index (χ1v) is 11.7. The SMILES string of the molecule is CCCCCCCCCCCCCCCCCCCCC(O)=CC(C)O. The van der Waals surface area contributed by atoms with E-state index in [2.05, 4.69) is 6.92 Å². The van der Waals surface area contributed by atoms with Crippen molar-refractivity contribution in [3.8, 4) is 0 Å². The van der Waals surface area contributed by atoms with Gasteiger partial charge in [0.25, 0.3) is 0 Å². The van der Waals surface area contributed by atoms with Crippen LogP contribution in [0.4, 0.5) is 0 Å². The van der Waals surface area contributed by atoms with Gasteiger partial charge >= 0.3 is 0 Å². The second kappa shape index (κ2) is 20.8. The van der Waals surface area contributed by atoms with E-state index in [1.165, 1.54) is 115 Å². The number of aliphatic hydroxyl groups excluding tert-OH is 2. The van der Waals surface area contributed by atoms with Crippen molar-refractivity contribution in [2.75, 3.05) is 0 Å². The summed E-state index contributed by atoms with van der Waals surface area (Å²) >= 11 is 0. The Hall–Kier alpha value is -0.500. The molecule has 0 aromatic rings. The first-order chi connectivity index (χ1) is 12.7. The van der Waals surface area contributed by atoms with Crippen LogP contribution in [0.1, 0.15) is 136 Å². The van der Waals surface area contributed by atoms with Crippen molar-refractivity contribution in [1.82, 2.24) is 0 Å². The van der Waals surface area contributed by atoms with E-state index in [1.807, 2.05) is 0 Å². The van der Waals surface area contributed by atoms with Crippen molar-refractivity contribution in [3.05, 3.63) is 11.8 Å². The summed E-state index contributed by atoms with van der Waals surface area (Å²) in [4.78, 5) is 0. The van der Waals surface area contributed by atoms with Crippen LogP contribution in [-0.2, 0) is 0 Å².